The lowest BCUT2D eigenvalue weighted by Crippen LogP contribution is -2.47. The van der Waals surface area contributed by atoms with E-state index in [0.717, 1.165) is 0 Å². The van der Waals surface area contributed by atoms with E-state index in [9.17, 15) is 19.2 Å². The number of methoxy groups -OCH3 is 1. The first-order valence-electron chi connectivity index (χ1n) is 9.62. The molecule has 0 fully saturated rings. The minimum atomic E-state index is -0.835. The molecule has 0 bridgehead atoms. The van der Waals surface area contributed by atoms with Gasteiger partial charge in [0.1, 0.15) is 6.04 Å². The van der Waals surface area contributed by atoms with Crippen LogP contribution in [0.1, 0.15) is 46.5 Å². The number of esters is 2. The Kier molecular flexibility index (Phi) is 8.29. The molecule has 0 aromatic heterocycles. The van der Waals surface area contributed by atoms with Crippen LogP contribution in [0.2, 0.25) is 0 Å². The van der Waals surface area contributed by atoms with Crippen LogP contribution in [0.15, 0.2) is 54.6 Å². The van der Waals surface area contributed by atoms with Crippen LogP contribution in [-0.4, -0.2) is 43.4 Å². The molecule has 2 rings (SSSR count). The number of amides is 1. The highest BCUT2D eigenvalue weighted by Gasteiger charge is 2.27. The van der Waals surface area contributed by atoms with Gasteiger partial charge in [0.2, 0.25) is 0 Å². The second-order valence-corrected chi connectivity index (χ2v) is 6.77. The Morgan fingerprint density at radius 3 is 2.13 bits per heavy atom. The molecule has 1 amide bonds. The second-order valence-electron chi connectivity index (χ2n) is 6.77. The van der Waals surface area contributed by atoms with Gasteiger partial charge in [-0.3, -0.25) is 9.59 Å². The lowest BCUT2D eigenvalue weighted by molar-refractivity contribution is -0.147. The summed E-state index contributed by atoms with van der Waals surface area (Å²) in [5, 5.41) is 2.53. The van der Waals surface area contributed by atoms with Crippen LogP contribution in [0.5, 0.6) is 0 Å². The standard InChI is InChI=1S/C23H25NO6/c1-4-15(2)20(23(28)29-3)24-19(25)14-30-22(27)18-13-9-8-12-17(18)21(26)16-10-6-5-7-11-16/h5-13,15,20H,4,14H2,1-3H3,(H,24,25)/t15-,20-/m1/s1. The van der Waals surface area contributed by atoms with Crippen LogP contribution in [-0.2, 0) is 19.1 Å². The fourth-order valence-corrected chi connectivity index (χ4v) is 2.82. The molecule has 0 unspecified atom stereocenters. The topological polar surface area (TPSA) is 98.8 Å². The molecule has 0 aliphatic rings. The van der Waals surface area contributed by atoms with Gasteiger partial charge in [-0.1, -0.05) is 68.8 Å². The maximum Gasteiger partial charge on any atom is 0.339 e. The van der Waals surface area contributed by atoms with Gasteiger partial charge in [0.05, 0.1) is 12.7 Å². The molecule has 1 N–H and O–H groups in total. The normalized spacial score (nSPS) is 12.4. The third kappa shape index (κ3) is 5.76. The first-order chi connectivity index (χ1) is 14.4. The zero-order valence-electron chi connectivity index (χ0n) is 17.2. The van der Waals surface area contributed by atoms with Crippen LogP contribution in [0, 0.1) is 5.92 Å². The molecule has 0 heterocycles. The number of ether oxygens (including phenoxy) is 2. The Morgan fingerprint density at radius 2 is 1.53 bits per heavy atom. The molecule has 2 atom stereocenters. The molecule has 2 aromatic carbocycles. The van der Waals surface area contributed by atoms with E-state index in [-0.39, 0.29) is 22.8 Å². The van der Waals surface area contributed by atoms with Crippen LogP contribution in [0.25, 0.3) is 0 Å². The molecule has 0 spiro atoms. The van der Waals surface area contributed by atoms with Crippen molar-refractivity contribution in [2.75, 3.05) is 13.7 Å². The minimum absolute atomic E-state index is 0.0607. The molecule has 0 saturated heterocycles. The van der Waals surface area contributed by atoms with E-state index in [1.54, 1.807) is 49.4 Å². The molecule has 0 aliphatic carbocycles. The zero-order chi connectivity index (χ0) is 22.1. The molecule has 2 aromatic rings. The Morgan fingerprint density at radius 1 is 0.933 bits per heavy atom. The molecule has 30 heavy (non-hydrogen) atoms. The number of nitrogens with one attached hydrogen (secondary N) is 1. The zero-order valence-corrected chi connectivity index (χ0v) is 17.2. The van der Waals surface area contributed by atoms with E-state index >= 15 is 0 Å². The number of carbonyl (C=O) groups excluding carboxylic acids is 4. The fraction of sp³-hybridized carbons (Fsp3) is 0.304. The third-order valence-electron chi connectivity index (χ3n) is 4.75. The van der Waals surface area contributed by atoms with Crippen molar-refractivity contribution in [3.05, 3.63) is 71.3 Å². The average molecular weight is 411 g/mol. The summed E-state index contributed by atoms with van der Waals surface area (Å²) in [5.41, 5.74) is 0.678. The smallest absolute Gasteiger partial charge is 0.339 e. The van der Waals surface area contributed by atoms with Gasteiger partial charge in [-0.2, -0.15) is 0 Å². The van der Waals surface area contributed by atoms with Gasteiger partial charge in [0.15, 0.2) is 12.4 Å². The van der Waals surface area contributed by atoms with E-state index in [1.807, 2.05) is 6.92 Å². The van der Waals surface area contributed by atoms with Crippen LogP contribution in [0.4, 0.5) is 0 Å². The number of hydrogen-bond donors (Lipinski definition) is 1. The first kappa shape index (κ1) is 22.8. The maximum atomic E-state index is 12.7. The van der Waals surface area contributed by atoms with Crippen molar-refractivity contribution in [2.45, 2.75) is 26.3 Å². The number of benzene rings is 2. The van der Waals surface area contributed by atoms with Gasteiger partial charge < -0.3 is 14.8 Å². The van der Waals surface area contributed by atoms with Crippen molar-refractivity contribution in [2.24, 2.45) is 5.92 Å². The summed E-state index contributed by atoms with van der Waals surface area (Å²) < 4.78 is 9.81. The number of carbonyl (C=O) groups is 4. The van der Waals surface area contributed by atoms with Gasteiger partial charge in [0, 0.05) is 11.1 Å². The Bertz CT molecular complexity index is 909. The molecular weight excluding hydrogens is 386 g/mol. The number of ketones is 1. The van der Waals surface area contributed by atoms with Gasteiger partial charge >= 0.3 is 11.9 Å². The number of hydrogen-bond acceptors (Lipinski definition) is 6. The van der Waals surface area contributed by atoms with Gasteiger partial charge in [-0.15, -0.1) is 0 Å². The Balaban J connectivity index is 2.07. The minimum Gasteiger partial charge on any atom is -0.467 e. The molecule has 158 valence electrons. The highest BCUT2D eigenvalue weighted by atomic mass is 16.5. The maximum absolute atomic E-state index is 12.7. The summed E-state index contributed by atoms with van der Waals surface area (Å²) in [6, 6.07) is 14.0. The molecule has 7 heteroatoms. The van der Waals surface area contributed by atoms with Crippen molar-refractivity contribution in [1.29, 1.82) is 0 Å². The van der Waals surface area contributed by atoms with Gasteiger partial charge in [0.25, 0.3) is 5.91 Å². The second kappa shape index (κ2) is 10.9. The molecule has 0 radical (unpaired) electrons. The van der Waals surface area contributed by atoms with Crippen molar-refractivity contribution in [1.82, 2.24) is 5.32 Å². The fourth-order valence-electron chi connectivity index (χ4n) is 2.82. The van der Waals surface area contributed by atoms with Gasteiger partial charge in [-0.05, 0) is 12.0 Å². The van der Waals surface area contributed by atoms with E-state index in [2.05, 4.69) is 5.32 Å². The van der Waals surface area contributed by atoms with Crippen LogP contribution >= 0.6 is 0 Å². The third-order valence-corrected chi connectivity index (χ3v) is 4.75. The molecule has 0 aliphatic heterocycles. The SMILES string of the molecule is CC[C@@H](C)[C@@H](NC(=O)COC(=O)c1ccccc1C(=O)c1ccccc1)C(=O)OC. The largest absolute Gasteiger partial charge is 0.467 e. The lowest BCUT2D eigenvalue weighted by atomic mass is 9.98. The van der Waals surface area contributed by atoms with Crippen molar-refractivity contribution in [3.8, 4) is 0 Å². The highest BCUT2D eigenvalue weighted by Crippen LogP contribution is 2.16. The summed E-state index contributed by atoms with van der Waals surface area (Å²) in [4.78, 5) is 49.3. The monoisotopic (exact) mass is 411 g/mol. The van der Waals surface area contributed by atoms with Crippen molar-refractivity contribution in [3.63, 3.8) is 0 Å². The van der Waals surface area contributed by atoms with E-state index in [0.29, 0.717) is 12.0 Å². The molecule has 0 saturated carbocycles. The average Bonchev–Trinajstić information content (AvgIpc) is 2.80. The van der Waals surface area contributed by atoms with Crippen molar-refractivity contribution < 1.29 is 28.7 Å². The van der Waals surface area contributed by atoms with Crippen molar-refractivity contribution >= 4 is 23.6 Å². The predicted octanol–water partition coefficient (Wildman–Crippen LogP) is 2.78. The summed E-state index contributed by atoms with van der Waals surface area (Å²) in [5.74, 6) is -2.48. The van der Waals surface area contributed by atoms with E-state index < -0.39 is 30.5 Å². The molecule has 7 nitrogen and oxygen atoms in total. The highest BCUT2D eigenvalue weighted by molar-refractivity contribution is 6.14. The van der Waals surface area contributed by atoms with E-state index in [1.165, 1.54) is 19.2 Å². The summed E-state index contributed by atoms with van der Waals surface area (Å²) in [7, 11) is 1.24. The lowest BCUT2D eigenvalue weighted by Gasteiger charge is -2.21. The number of rotatable bonds is 9. The summed E-state index contributed by atoms with van der Waals surface area (Å²) in [6.07, 6.45) is 0.648. The Hall–Kier alpha value is -3.48. The van der Waals surface area contributed by atoms with E-state index in [4.69, 9.17) is 9.47 Å². The quantitative estimate of drug-likeness (QED) is 0.503. The van der Waals surface area contributed by atoms with Crippen LogP contribution in [0.3, 0.4) is 0 Å². The predicted molar refractivity (Wildman–Crippen MR) is 110 cm³/mol. The summed E-state index contributed by atoms with van der Waals surface area (Å²) >= 11 is 0. The van der Waals surface area contributed by atoms with Gasteiger partial charge in [-0.25, -0.2) is 9.59 Å². The first-order valence-corrected chi connectivity index (χ1v) is 9.62. The molecular formula is C23H25NO6. The Labute approximate surface area is 175 Å². The van der Waals surface area contributed by atoms with Crippen LogP contribution < -0.4 is 5.32 Å². The summed E-state index contributed by atoms with van der Waals surface area (Å²) in [6.45, 7) is 3.10.